The van der Waals surface area contributed by atoms with E-state index in [0.29, 0.717) is 12.0 Å². The van der Waals surface area contributed by atoms with E-state index >= 15 is 0 Å². The fourth-order valence-electron chi connectivity index (χ4n) is 5.52. The molecule has 0 radical (unpaired) electrons. The number of anilines is 1. The second-order valence-electron chi connectivity index (χ2n) is 7.86. The maximum atomic E-state index is 13.1. The van der Waals surface area contributed by atoms with Gasteiger partial charge in [0.05, 0.1) is 24.4 Å². The highest BCUT2D eigenvalue weighted by atomic mass is 16.5. The second-order valence-corrected chi connectivity index (χ2v) is 7.86. The average molecular weight is 370 g/mol. The van der Waals surface area contributed by atoms with Crippen molar-refractivity contribution in [2.24, 2.45) is 11.8 Å². The highest BCUT2D eigenvalue weighted by Gasteiger charge is 2.60. The summed E-state index contributed by atoms with van der Waals surface area (Å²) in [7, 11) is 1.48. The number of benzene rings is 1. The Labute approximate surface area is 159 Å². The molecule has 6 nitrogen and oxygen atoms in total. The van der Waals surface area contributed by atoms with Crippen LogP contribution in [0.3, 0.4) is 0 Å². The molecule has 3 heterocycles. The van der Waals surface area contributed by atoms with E-state index in [4.69, 9.17) is 4.74 Å². The van der Waals surface area contributed by atoms with Crippen molar-refractivity contribution in [1.82, 2.24) is 4.90 Å². The number of carboxylic acid groups (broad SMARTS) is 1. The van der Waals surface area contributed by atoms with Crippen LogP contribution in [0.15, 0.2) is 36.1 Å². The van der Waals surface area contributed by atoms with E-state index < -0.39 is 11.4 Å². The lowest BCUT2D eigenvalue weighted by Crippen LogP contribution is -2.53. The molecule has 27 heavy (non-hydrogen) atoms. The van der Waals surface area contributed by atoms with Gasteiger partial charge in [-0.15, -0.1) is 0 Å². The number of aliphatic carboxylic acids is 1. The van der Waals surface area contributed by atoms with Gasteiger partial charge in [0.15, 0.2) is 0 Å². The van der Waals surface area contributed by atoms with E-state index in [1.165, 1.54) is 13.4 Å². The van der Waals surface area contributed by atoms with Gasteiger partial charge in [-0.1, -0.05) is 31.5 Å². The molecule has 2 fully saturated rings. The molecule has 4 atom stereocenters. The maximum absolute atomic E-state index is 13.1. The number of carboxylic acids is 1. The topological polar surface area (TPSA) is 78.9 Å². The fraction of sp³-hybridized carbons (Fsp3) is 0.524. The minimum absolute atomic E-state index is 0.00792. The van der Waals surface area contributed by atoms with Crippen molar-refractivity contribution >= 4 is 17.6 Å². The summed E-state index contributed by atoms with van der Waals surface area (Å²) < 4.78 is 5.08. The van der Waals surface area contributed by atoms with Crippen molar-refractivity contribution in [3.05, 3.63) is 41.7 Å². The molecule has 4 rings (SSSR count). The first-order valence-electron chi connectivity index (χ1n) is 9.64. The standard InChI is InChI=1S/C21H26N2O4/c1-3-13-11-23-9-8-21(16-6-4-5-7-17(16)22-20(21)26)18(23)10-14(13)15(12-27-2)19(24)25/h4-7,12-14,18H,3,8-11H2,1-2H3,(H,22,26)(H,24,25)/b15-12+/t13-,14+,18+,21+/m1/s1. The first kappa shape index (κ1) is 18.0. The molecule has 1 aromatic carbocycles. The minimum atomic E-state index is -0.933. The number of ether oxygens (including phenoxy) is 1. The van der Waals surface area contributed by atoms with Crippen molar-refractivity contribution in [1.29, 1.82) is 0 Å². The first-order chi connectivity index (χ1) is 13.0. The van der Waals surface area contributed by atoms with Gasteiger partial charge in [-0.25, -0.2) is 4.79 Å². The van der Waals surface area contributed by atoms with Gasteiger partial charge < -0.3 is 15.2 Å². The van der Waals surface area contributed by atoms with Crippen LogP contribution in [-0.4, -0.2) is 48.1 Å². The van der Waals surface area contributed by atoms with Crippen LogP contribution in [0.25, 0.3) is 0 Å². The van der Waals surface area contributed by atoms with Crippen LogP contribution in [0.2, 0.25) is 0 Å². The van der Waals surface area contributed by atoms with Gasteiger partial charge in [0.1, 0.15) is 0 Å². The van der Waals surface area contributed by atoms with Crippen LogP contribution >= 0.6 is 0 Å². The molecule has 0 saturated carbocycles. The van der Waals surface area contributed by atoms with Gasteiger partial charge in [0.2, 0.25) is 5.91 Å². The molecule has 1 spiro atoms. The van der Waals surface area contributed by atoms with Gasteiger partial charge in [0.25, 0.3) is 0 Å². The summed E-state index contributed by atoms with van der Waals surface area (Å²) in [6.45, 7) is 3.79. The van der Waals surface area contributed by atoms with E-state index in [2.05, 4.69) is 17.1 Å². The Morgan fingerprint density at radius 3 is 2.93 bits per heavy atom. The van der Waals surface area contributed by atoms with Crippen molar-refractivity contribution in [3.8, 4) is 0 Å². The van der Waals surface area contributed by atoms with Crippen molar-refractivity contribution in [2.45, 2.75) is 37.6 Å². The molecule has 2 saturated heterocycles. The summed E-state index contributed by atoms with van der Waals surface area (Å²) in [5.41, 5.74) is 1.69. The number of carbonyl (C=O) groups is 2. The molecule has 6 heteroatoms. The SMILES string of the molecule is CC[C@@H]1CN2CC[C@@]3(C(=O)Nc4ccccc43)[C@@H]2C[C@@H]1/C(=C\OC)C(=O)O. The Kier molecular flexibility index (Phi) is 4.46. The maximum Gasteiger partial charge on any atom is 0.334 e. The number of para-hydroxylation sites is 1. The lowest BCUT2D eigenvalue weighted by atomic mass is 9.67. The molecule has 1 aromatic rings. The normalized spacial score (nSPS) is 32.9. The van der Waals surface area contributed by atoms with Gasteiger partial charge >= 0.3 is 5.97 Å². The van der Waals surface area contributed by atoms with E-state index in [1.807, 2.05) is 24.3 Å². The Morgan fingerprint density at radius 1 is 1.44 bits per heavy atom. The number of piperidine rings is 1. The summed E-state index contributed by atoms with van der Waals surface area (Å²) in [6.07, 6.45) is 3.70. The quantitative estimate of drug-likeness (QED) is 0.629. The Balaban J connectivity index is 1.75. The van der Waals surface area contributed by atoms with E-state index in [-0.39, 0.29) is 23.8 Å². The lowest BCUT2D eigenvalue weighted by Gasteiger charge is -2.44. The van der Waals surface area contributed by atoms with Crippen molar-refractivity contribution < 1.29 is 19.4 Å². The lowest BCUT2D eigenvalue weighted by molar-refractivity contribution is -0.134. The summed E-state index contributed by atoms with van der Waals surface area (Å²) in [5.74, 6) is -0.757. The van der Waals surface area contributed by atoms with Gasteiger partial charge in [-0.05, 0) is 42.9 Å². The Bertz CT molecular complexity index is 805. The molecule has 2 N–H and O–H groups in total. The number of fused-ring (bicyclic) bond motifs is 4. The Morgan fingerprint density at radius 2 is 2.22 bits per heavy atom. The molecule has 0 bridgehead atoms. The Hall–Kier alpha value is -2.34. The largest absolute Gasteiger partial charge is 0.504 e. The number of rotatable bonds is 4. The minimum Gasteiger partial charge on any atom is -0.504 e. The fourth-order valence-corrected chi connectivity index (χ4v) is 5.52. The first-order valence-corrected chi connectivity index (χ1v) is 9.64. The van der Waals surface area contributed by atoms with Gasteiger partial charge in [-0.3, -0.25) is 9.69 Å². The number of methoxy groups -OCH3 is 1. The molecule has 0 aliphatic carbocycles. The highest BCUT2D eigenvalue weighted by Crippen LogP contribution is 2.53. The summed E-state index contributed by atoms with van der Waals surface area (Å²) in [4.78, 5) is 27.4. The zero-order valence-corrected chi connectivity index (χ0v) is 15.8. The number of amides is 1. The van der Waals surface area contributed by atoms with Crippen LogP contribution in [0, 0.1) is 11.8 Å². The smallest absolute Gasteiger partial charge is 0.334 e. The predicted molar refractivity (Wildman–Crippen MR) is 101 cm³/mol. The third-order valence-electron chi connectivity index (χ3n) is 6.79. The third-order valence-corrected chi connectivity index (χ3v) is 6.79. The average Bonchev–Trinajstić information content (AvgIpc) is 3.18. The van der Waals surface area contributed by atoms with Gasteiger partial charge in [0, 0.05) is 18.3 Å². The summed E-state index contributed by atoms with van der Waals surface area (Å²) in [5, 5.41) is 12.8. The van der Waals surface area contributed by atoms with Crippen LogP contribution in [0.5, 0.6) is 0 Å². The monoisotopic (exact) mass is 370 g/mol. The number of hydrogen-bond donors (Lipinski definition) is 2. The van der Waals surface area contributed by atoms with Gasteiger partial charge in [-0.2, -0.15) is 0 Å². The van der Waals surface area contributed by atoms with E-state index in [9.17, 15) is 14.7 Å². The summed E-state index contributed by atoms with van der Waals surface area (Å²) in [6, 6.07) is 7.92. The highest BCUT2D eigenvalue weighted by molar-refractivity contribution is 6.07. The van der Waals surface area contributed by atoms with Crippen LogP contribution in [0.4, 0.5) is 5.69 Å². The van der Waals surface area contributed by atoms with Crippen LogP contribution < -0.4 is 5.32 Å². The summed E-state index contributed by atoms with van der Waals surface area (Å²) >= 11 is 0. The van der Waals surface area contributed by atoms with Crippen molar-refractivity contribution in [2.75, 3.05) is 25.5 Å². The van der Waals surface area contributed by atoms with Crippen LogP contribution in [0.1, 0.15) is 31.7 Å². The third kappa shape index (κ3) is 2.57. The molecule has 0 unspecified atom stereocenters. The predicted octanol–water partition coefficient (Wildman–Crippen LogP) is 2.61. The van der Waals surface area contributed by atoms with E-state index in [1.54, 1.807) is 0 Å². The van der Waals surface area contributed by atoms with E-state index in [0.717, 1.165) is 37.2 Å². The molecular formula is C21H26N2O4. The number of nitrogens with one attached hydrogen (secondary N) is 1. The number of carbonyl (C=O) groups excluding carboxylic acids is 1. The van der Waals surface area contributed by atoms with Crippen LogP contribution in [-0.2, 0) is 19.7 Å². The zero-order valence-electron chi connectivity index (χ0n) is 15.8. The molecule has 144 valence electrons. The molecular weight excluding hydrogens is 344 g/mol. The molecule has 1 amide bonds. The molecule has 3 aliphatic heterocycles. The number of hydrogen-bond acceptors (Lipinski definition) is 4. The second kappa shape index (κ2) is 6.68. The zero-order chi connectivity index (χ0) is 19.2. The molecule has 3 aliphatic rings. The number of nitrogens with zero attached hydrogens (tertiary/aromatic N) is 1. The molecule has 0 aromatic heterocycles. The van der Waals surface area contributed by atoms with Crippen molar-refractivity contribution in [3.63, 3.8) is 0 Å².